The SMILES string of the molecule is O=[N+]([O-])c1cn(C2CCCOC2)nc1OCCCNc1nc(Cl)ncc1Cl. The molecule has 1 saturated heterocycles. The van der Waals surface area contributed by atoms with Gasteiger partial charge in [0.1, 0.15) is 17.0 Å². The Hall–Kier alpha value is -2.17. The predicted molar refractivity (Wildman–Crippen MR) is 98.6 cm³/mol. The summed E-state index contributed by atoms with van der Waals surface area (Å²) >= 11 is 11.7. The minimum absolute atomic E-state index is 0.00804. The van der Waals surface area contributed by atoms with Crippen molar-refractivity contribution in [2.24, 2.45) is 0 Å². The van der Waals surface area contributed by atoms with Crippen LogP contribution in [-0.2, 0) is 4.74 Å². The Labute approximate surface area is 164 Å². The molecule has 12 heteroatoms. The zero-order valence-electron chi connectivity index (χ0n) is 14.3. The lowest BCUT2D eigenvalue weighted by atomic mass is 10.1. The summed E-state index contributed by atoms with van der Waals surface area (Å²) in [5.41, 5.74) is -0.154. The molecule has 0 aromatic carbocycles. The molecule has 1 unspecified atom stereocenters. The lowest BCUT2D eigenvalue weighted by molar-refractivity contribution is -0.386. The van der Waals surface area contributed by atoms with E-state index in [4.69, 9.17) is 32.7 Å². The fraction of sp³-hybridized carbons (Fsp3) is 0.533. The monoisotopic (exact) mass is 416 g/mol. The van der Waals surface area contributed by atoms with Crippen molar-refractivity contribution in [3.05, 3.63) is 32.8 Å². The van der Waals surface area contributed by atoms with E-state index in [9.17, 15) is 10.1 Å². The second-order valence-electron chi connectivity index (χ2n) is 5.89. The molecule has 0 aliphatic carbocycles. The van der Waals surface area contributed by atoms with Gasteiger partial charge in [0.2, 0.25) is 5.28 Å². The van der Waals surface area contributed by atoms with Crippen LogP contribution < -0.4 is 10.1 Å². The summed E-state index contributed by atoms with van der Waals surface area (Å²) in [5, 5.41) is 18.9. The van der Waals surface area contributed by atoms with Gasteiger partial charge in [0.15, 0.2) is 0 Å². The van der Waals surface area contributed by atoms with Gasteiger partial charge in [-0.2, -0.15) is 4.98 Å². The first-order valence-corrected chi connectivity index (χ1v) is 9.16. The summed E-state index contributed by atoms with van der Waals surface area (Å²) in [6.45, 7) is 1.92. The second-order valence-corrected chi connectivity index (χ2v) is 6.64. The van der Waals surface area contributed by atoms with Crippen molar-refractivity contribution in [2.45, 2.75) is 25.3 Å². The van der Waals surface area contributed by atoms with Crippen molar-refractivity contribution in [1.82, 2.24) is 19.7 Å². The lowest BCUT2D eigenvalue weighted by Gasteiger charge is -2.21. The molecule has 1 N–H and O–H groups in total. The molecule has 0 bridgehead atoms. The highest BCUT2D eigenvalue weighted by molar-refractivity contribution is 6.33. The number of rotatable bonds is 8. The van der Waals surface area contributed by atoms with Crippen LogP contribution in [-0.4, -0.2) is 51.0 Å². The molecule has 10 nitrogen and oxygen atoms in total. The van der Waals surface area contributed by atoms with E-state index in [1.165, 1.54) is 12.4 Å². The van der Waals surface area contributed by atoms with Gasteiger partial charge in [-0.05, 0) is 30.9 Å². The number of nitro groups is 1. The highest BCUT2D eigenvalue weighted by Gasteiger charge is 2.25. The van der Waals surface area contributed by atoms with Crippen molar-refractivity contribution in [3.8, 4) is 5.88 Å². The molecule has 1 atom stereocenters. The molecule has 1 aliphatic heterocycles. The van der Waals surface area contributed by atoms with E-state index in [0.717, 1.165) is 12.8 Å². The van der Waals surface area contributed by atoms with E-state index in [0.29, 0.717) is 37.0 Å². The zero-order valence-corrected chi connectivity index (χ0v) is 15.8. The maximum absolute atomic E-state index is 11.2. The van der Waals surface area contributed by atoms with Gasteiger partial charge in [-0.1, -0.05) is 11.6 Å². The molecule has 3 rings (SSSR count). The quantitative estimate of drug-likeness (QED) is 0.301. The van der Waals surface area contributed by atoms with Crippen molar-refractivity contribution >= 4 is 34.7 Å². The number of hydrogen-bond acceptors (Lipinski definition) is 8. The maximum Gasteiger partial charge on any atom is 0.350 e. The predicted octanol–water partition coefficient (Wildman–Crippen LogP) is 3.12. The van der Waals surface area contributed by atoms with Gasteiger partial charge in [0.25, 0.3) is 0 Å². The smallest absolute Gasteiger partial charge is 0.350 e. The number of halogens is 2. The van der Waals surface area contributed by atoms with Crippen LogP contribution in [0.2, 0.25) is 10.3 Å². The molecule has 1 fully saturated rings. The van der Waals surface area contributed by atoms with Crippen molar-refractivity contribution < 1.29 is 14.4 Å². The average molecular weight is 417 g/mol. The Balaban J connectivity index is 1.53. The Bertz CT molecular complexity index is 797. The molecule has 0 radical (unpaired) electrons. The fourth-order valence-corrected chi connectivity index (χ4v) is 2.92. The van der Waals surface area contributed by atoms with Crippen molar-refractivity contribution in [1.29, 1.82) is 0 Å². The van der Waals surface area contributed by atoms with Gasteiger partial charge in [-0.15, -0.1) is 5.10 Å². The molecule has 0 saturated carbocycles. The Morgan fingerprint density at radius 1 is 1.48 bits per heavy atom. The molecule has 27 heavy (non-hydrogen) atoms. The maximum atomic E-state index is 11.2. The standard InChI is InChI=1S/C15H18Cl2N6O4/c16-11-7-19-15(17)20-13(11)18-4-2-6-27-14-12(23(24)25)8-22(21-14)10-3-1-5-26-9-10/h7-8,10H,1-6,9H2,(H,18,19,20). The summed E-state index contributed by atoms with van der Waals surface area (Å²) in [6.07, 6.45) is 5.12. The summed E-state index contributed by atoms with van der Waals surface area (Å²) < 4.78 is 12.5. The normalized spacial score (nSPS) is 16.9. The number of nitrogens with zero attached hydrogens (tertiary/aromatic N) is 5. The average Bonchev–Trinajstić information content (AvgIpc) is 3.09. The van der Waals surface area contributed by atoms with Gasteiger partial charge >= 0.3 is 11.6 Å². The largest absolute Gasteiger partial charge is 0.472 e. The third-order valence-corrected chi connectivity index (χ3v) is 4.41. The lowest BCUT2D eigenvalue weighted by Crippen LogP contribution is -2.21. The highest BCUT2D eigenvalue weighted by atomic mass is 35.5. The first-order chi connectivity index (χ1) is 13.0. The molecule has 2 aromatic rings. The van der Waals surface area contributed by atoms with E-state index in [1.54, 1.807) is 4.68 Å². The summed E-state index contributed by atoms with van der Waals surface area (Å²) in [4.78, 5) is 18.5. The Morgan fingerprint density at radius 2 is 2.33 bits per heavy atom. The van der Waals surface area contributed by atoms with Crippen LogP contribution in [0, 0.1) is 10.1 Å². The summed E-state index contributed by atoms with van der Waals surface area (Å²) in [6, 6.07) is -0.0129. The van der Waals surface area contributed by atoms with Crippen LogP contribution in [0.1, 0.15) is 25.3 Å². The van der Waals surface area contributed by atoms with Crippen LogP contribution in [0.25, 0.3) is 0 Å². The van der Waals surface area contributed by atoms with Crippen LogP contribution in [0.15, 0.2) is 12.4 Å². The van der Waals surface area contributed by atoms with Crippen LogP contribution in [0.3, 0.4) is 0 Å². The molecule has 0 amide bonds. The Morgan fingerprint density at radius 3 is 3.07 bits per heavy atom. The number of aromatic nitrogens is 4. The van der Waals surface area contributed by atoms with Gasteiger partial charge < -0.3 is 14.8 Å². The van der Waals surface area contributed by atoms with Crippen molar-refractivity contribution in [3.63, 3.8) is 0 Å². The van der Waals surface area contributed by atoms with E-state index < -0.39 is 4.92 Å². The van der Waals surface area contributed by atoms with Gasteiger partial charge in [0.05, 0.1) is 30.4 Å². The minimum Gasteiger partial charge on any atom is -0.472 e. The second kappa shape index (κ2) is 9.16. The number of anilines is 1. The summed E-state index contributed by atoms with van der Waals surface area (Å²) in [5.74, 6) is 0.429. The molecule has 0 spiro atoms. The topological polar surface area (TPSA) is 117 Å². The summed E-state index contributed by atoms with van der Waals surface area (Å²) in [7, 11) is 0. The van der Waals surface area contributed by atoms with Gasteiger partial charge in [-0.25, -0.2) is 4.98 Å². The zero-order chi connectivity index (χ0) is 19.2. The first-order valence-electron chi connectivity index (χ1n) is 8.40. The highest BCUT2D eigenvalue weighted by Crippen LogP contribution is 2.29. The first kappa shape index (κ1) is 19.6. The van der Waals surface area contributed by atoms with Crippen molar-refractivity contribution in [2.75, 3.05) is 31.7 Å². The molecule has 2 aromatic heterocycles. The van der Waals surface area contributed by atoms with E-state index in [2.05, 4.69) is 20.4 Å². The molecular weight excluding hydrogens is 399 g/mol. The molecular formula is C15H18Cl2N6O4. The minimum atomic E-state index is -0.497. The molecule has 3 heterocycles. The van der Waals surface area contributed by atoms with Gasteiger partial charge in [0, 0.05) is 13.2 Å². The van der Waals surface area contributed by atoms with Crippen LogP contribution in [0.5, 0.6) is 5.88 Å². The third-order valence-electron chi connectivity index (χ3n) is 3.95. The number of hydrogen-bond donors (Lipinski definition) is 1. The van der Waals surface area contributed by atoms with Gasteiger partial charge in [-0.3, -0.25) is 14.8 Å². The van der Waals surface area contributed by atoms with Crippen LogP contribution in [0.4, 0.5) is 11.5 Å². The number of nitrogens with one attached hydrogen (secondary N) is 1. The third kappa shape index (κ3) is 5.18. The van der Waals surface area contributed by atoms with E-state index in [-0.39, 0.29) is 29.5 Å². The molecule has 1 aliphatic rings. The van der Waals surface area contributed by atoms with E-state index >= 15 is 0 Å². The fourth-order valence-electron chi connectivity index (χ4n) is 2.63. The Kier molecular flexibility index (Phi) is 6.64. The van der Waals surface area contributed by atoms with Crippen LogP contribution >= 0.6 is 23.2 Å². The number of ether oxygens (including phenoxy) is 2. The molecule has 146 valence electrons. The van der Waals surface area contributed by atoms with E-state index in [1.807, 2.05) is 0 Å².